The molecule has 0 saturated carbocycles. The molecule has 0 radical (unpaired) electrons. The van der Waals surface area contributed by atoms with Crippen LogP contribution in [-0.4, -0.2) is 10.7 Å². The molecule has 2 nitrogen and oxygen atoms in total. The van der Waals surface area contributed by atoms with E-state index in [1.54, 1.807) is 6.07 Å². The predicted molar refractivity (Wildman–Crippen MR) is 50.5 cm³/mol. The van der Waals surface area contributed by atoms with Gasteiger partial charge in [0.25, 0.3) is 5.91 Å². The standard InChI is InChI=1S/C8H6Cl2FNO/c9-7(10)8(13)12-6-4-2-1-3-5(6)11/h1-4,7H,(H,12,13). The second kappa shape index (κ2) is 4.44. The third-order valence-corrected chi connectivity index (χ3v) is 1.73. The van der Waals surface area contributed by atoms with Gasteiger partial charge in [0.05, 0.1) is 5.69 Å². The molecule has 1 rings (SSSR count). The van der Waals surface area contributed by atoms with E-state index >= 15 is 0 Å². The van der Waals surface area contributed by atoms with Crippen molar-refractivity contribution >= 4 is 34.8 Å². The van der Waals surface area contributed by atoms with Gasteiger partial charge in [0.1, 0.15) is 5.82 Å². The topological polar surface area (TPSA) is 29.1 Å². The monoisotopic (exact) mass is 221 g/mol. The van der Waals surface area contributed by atoms with E-state index in [0.717, 1.165) is 0 Å². The van der Waals surface area contributed by atoms with Crippen LogP contribution in [0.2, 0.25) is 0 Å². The summed E-state index contributed by atoms with van der Waals surface area (Å²) in [6.45, 7) is 0. The quantitative estimate of drug-likeness (QED) is 0.765. The lowest BCUT2D eigenvalue weighted by atomic mass is 10.3. The average Bonchev–Trinajstić information content (AvgIpc) is 2.08. The Morgan fingerprint density at radius 3 is 2.54 bits per heavy atom. The number of carbonyl (C=O) groups excluding carboxylic acids is 1. The van der Waals surface area contributed by atoms with Gasteiger partial charge >= 0.3 is 0 Å². The molecule has 0 aliphatic heterocycles. The molecule has 70 valence electrons. The molecule has 1 aromatic rings. The van der Waals surface area contributed by atoms with Crippen LogP contribution in [0.3, 0.4) is 0 Å². The minimum absolute atomic E-state index is 0.0683. The van der Waals surface area contributed by atoms with Crippen molar-refractivity contribution in [3.05, 3.63) is 30.1 Å². The van der Waals surface area contributed by atoms with Gasteiger partial charge in [0.15, 0.2) is 4.84 Å². The molecule has 0 fully saturated rings. The Morgan fingerprint density at radius 1 is 1.38 bits per heavy atom. The number of benzene rings is 1. The van der Waals surface area contributed by atoms with E-state index in [1.807, 2.05) is 0 Å². The van der Waals surface area contributed by atoms with Gasteiger partial charge in [0, 0.05) is 0 Å². The van der Waals surface area contributed by atoms with Crippen molar-refractivity contribution in [3.63, 3.8) is 0 Å². The number of halogens is 3. The third-order valence-electron chi connectivity index (χ3n) is 1.33. The van der Waals surface area contributed by atoms with Crippen LogP contribution in [0, 0.1) is 5.82 Å². The highest BCUT2D eigenvalue weighted by atomic mass is 35.5. The number of rotatable bonds is 2. The zero-order valence-electron chi connectivity index (χ0n) is 6.43. The first-order chi connectivity index (χ1) is 6.11. The Hall–Kier alpha value is -0.800. The maximum Gasteiger partial charge on any atom is 0.257 e. The number of nitrogens with one attached hydrogen (secondary N) is 1. The SMILES string of the molecule is O=C(Nc1ccccc1F)C(Cl)Cl. The van der Waals surface area contributed by atoms with Crippen molar-refractivity contribution in [1.82, 2.24) is 0 Å². The van der Waals surface area contributed by atoms with Crippen molar-refractivity contribution in [2.24, 2.45) is 0 Å². The number of amides is 1. The van der Waals surface area contributed by atoms with Crippen molar-refractivity contribution < 1.29 is 9.18 Å². The molecular formula is C8H6Cl2FNO. The number of hydrogen-bond acceptors (Lipinski definition) is 1. The lowest BCUT2D eigenvalue weighted by molar-refractivity contribution is -0.114. The van der Waals surface area contributed by atoms with Crippen LogP contribution in [0.5, 0.6) is 0 Å². The Labute approximate surface area is 84.6 Å². The van der Waals surface area contributed by atoms with Crippen molar-refractivity contribution in [3.8, 4) is 0 Å². The zero-order valence-corrected chi connectivity index (χ0v) is 7.94. The highest BCUT2D eigenvalue weighted by molar-refractivity contribution is 6.54. The largest absolute Gasteiger partial charge is 0.321 e. The van der Waals surface area contributed by atoms with Gasteiger partial charge in [-0.3, -0.25) is 4.79 Å². The van der Waals surface area contributed by atoms with Crippen LogP contribution in [0.4, 0.5) is 10.1 Å². The van der Waals surface area contributed by atoms with Gasteiger partial charge in [0.2, 0.25) is 0 Å². The molecule has 0 aliphatic rings. The summed E-state index contributed by atoms with van der Waals surface area (Å²) in [5.41, 5.74) is 0.0683. The smallest absolute Gasteiger partial charge is 0.257 e. The predicted octanol–water partition coefficient (Wildman–Crippen LogP) is 2.57. The molecule has 1 aromatic carbocycles. The second-order valence-electron chi connectivity index (χ2n) is 2.27. The first-order valence-corrected chi connectivity index (χ1v) is 4.32. The molecule has 0 bridgehead atoms. The molecule has 1 amide bonds. The average molecular weight is 222 g/mol. The van der Waals surface area contributed by atoms with Crippen molar-refractivity contribution in [1.29, 1.82) is 0 Å². The summed E-state index contributed by atoms with van der Waals surface area (Å²) in [5, 5.41) is 2.23. The Kier molecular flexibility index (Phi) is 3.51. The van der Waals surface area contributed by atoms with Crippen LogP contribution in [-0.2, 0) is 4.79 Å². The van der Waals surface area contributed by atoms with E-state index in [9.17, 15) is 9.18 Å². The summed E-state index contributed by atoms with van der Waals surface area (Å²) in [4.78, 5) is 9.73. The summed E-state index contributed by atoms with van der Waals surface area (Å²) in [6.07, 6.45) is 0. The summed E-state index contributed by atoms with van der Waals surface area (Å²) in [7, 11) is 0. The lowest BCUT2D eigenvalue weighted by Gasteiger charge is -2.05. The molecule has 5 heteroatoms. The van der Waals surface area contributed by atoms with Crippen LogP contribution >= 0.6 is 23.2 Å². The number of para-hydroxylation sites is 1. The maximum atomic E-state index is 12.9. The van der Waals surface area contributed by atoms with Gasteiger partial charge < -0.3 is 5.32 Å². The fourth-order valence-corrected chi connectivity index (χ4v) is 0.859. The van der Waals surface area contributed by atoms with Gasteiger partial charge in [-0.15, -0.1) is 0 Å². The molecule has 1 N–H and O–H groups in total. The molecule has 0 aliphatic carbocycles. The summed E-state index contributed by atoms with van der Waals surface area (Å²) in [6, 6.07) is 5.76. The van der Waals surface area contributed by atoms with E-state index in [-0.39, 0.29) is 5.69 Å². The van der Waals surface area contributed by atoms with E-state index < -0.39 is 16.6 Å². The first-order valence-electron chi connectivity index (χ1n) is 3.45. The summed E-state index contributed by atoms with van der Waals surface area (Å²) < 4.78 is 12.9. The number of carbonyl (C=O) groups is 1. The van der Waals surface area contributed by atoms with E-state index in [0.29, 0.717) is 0 Å². The fraction of sp³-hybridized carbons (Fsp3) is 0.125. The lowest BCUT2D eigenvalue weighted by Crippen LogP contribution is -2.19. The van der Waals surface area contributed by atoms with Crippen LogP contribution in [0.25, 0.3) is 0 Å². The molecular weight excluding hydrogens is 216 g/mol. The Balaban J connectivity index is 2.75. The summed E-state index contributed by atoms with van der Waals surface area (Å²) >= 11 is 10.5. The Bertz CT molecular complexity index is 317. The normalized spacial score (nSPS) is 10.2. The van der Waals surface area contributed by atoms with Crippen molar-refractivity contribution in [2.75, 3.05) is 5.32 Å². The molecule has 0 spiro atoms. The van der Waals surface area contributed by atoms with Gasteiger partial charge in [-0.1, -0.05) is 35.3 Å². The highest BCUT2D eigenvalue weighted by Gasteiger charge is 2.12. The second-order valence-corrected chi connectivity index (χ2v) is 3.37. The first kappa shape index (κ1) is 10.3. The van der Waals surface area contributed by atoms with Gasteiger partial charge in [-0.25, -0.2) is 4.39 Å². The highest BCUT2D eigenvalue weighted by Crippen LogP contribution is 2.14. The van der Waals surface area contributed by atoms with Crippen LogP contribution in [0.15, 0.2) is 24.3 Å². The van der Waals surface area contributed by atoms with Crippen LogP contribution < -0.4 is 5.32 Å². The molecule has 13 heavy (non-hydrogen) atoms. The number of anilines is 1. The number of hydrogen-bond donors (Lipinski definition) is 1. The fourth-order valence-electron chi connectivity index (χ4n) is 0.750. The number of alkyl halides is 2. The maximum absolute atomic E-state index is 12.9. The minimum atomic E-state index is -1.19. The Morgan fingerprint density at radius 2 is 2.00 bits per heavy atom. The molecule has 0 saturated heterocycles. The van der Waals surface area contributed by atoms with E-state index in [4.69, 9.17) is 23.2 Å². The zero-order chi connectivity index (χ0) is 9.84. The molecule has 0 heterocycles. The van der Waals surface area contributed by atoms with Gasteiger partial charge in [-0.05, 0) is 12.1 Å². The third kappa shape index (κ3) is 2.86. The van der Waals surface area contributed by atoms with Crippen molar-refractivity contribution in [2.45, 2.75) is 4.84 Å². The molecule has 0 aromatic heterocycles. The summed E-state index contributed by atoms with van der Waals surface area (Å²) in [5.74, 6) is -1.17. The molecule has 0 unspecified atom stereocenters. The van der Waals surface area contributed by atoms with Crippen LogP contribution in [0.1, 0.15) is 0 Å². The minimum Gasteiger partial charge on any atom is -0.321 e. The van der Waals surface area contributed by atoms with E-state index in [2.05, 4.69) is 5.32 Å². The van der Waals surface area contributed by atoms with E-state index in [1.165, 1.54) is 18.2 Å². The molecule has 0 atom stereocenters. The van der Waals surface area contributed by atoms with Gasteiger partial charge in [-0.2, -0.15) is 0 Å².